The van der Waals surface area contributed by atoms with Gasteiger partial charge in [0.15, 0.2) is 37.3 Å². The minimum Gasteiger partial charge on any atom is -0.542 e. The molecular weight excluding hydrogens is 1180 g/mol. The van der Waals surface area contributed by atoms with Crippen molar-refractivity contribution in [1.82, 2.24) is 15.5 Å². The Bertz CT molecular complexity index is 3400. The van der Waals surface area contributed by atoms with E-state index in [2.05, 4.69) is 16.0 Å². The first-order valence-corrected chi connectivity index (χ1v) is 28.7. The maximum absolute atomic E-state index is 13.8. The summed E-state index contributed by atoms with van der Waals surface area (Å²) in [5.74, 6) is -7.24. The fraction of sp³-hybridized carbons (Fsp3) is 0.375. The number of fused-ring (bicyclic) bond motifs is 3. The summed E-state index contributed by atoms with van der Waals surface area (Å²) in [6, 6.07) is 30.7. The summed E-state index contributed by atoms with van der Waals surface area (Å²) in [4.78, 5) is 114. The number of phenols is 1. The molecule has 1 aromatic heterocycles. The quantitative estimate of drug-likeness (QED) is 0.0209. The molecule has 3 heterocycles. The summed E-state index contributed by atoms with van der Waals surface area (Å²) in [6.07, 6.45) is -3.23. The molecule has 0 radical (unpaired) electrons. The van der Waals surface area contributed by atoms with Crippen LogP contribution in [0.15, 0.2) is 122 Å². The van der Waals surface area contributed by atoms with Gasteiger partial charge in [-0.15, -0.1) is 0 Å². The van der Waals surface area contributed by atoms with Gasteiger partial charge in [0, 0.05) is 88.1 Å². The highest BCUT2D eigenvalue weighted by molar-refractivity contribution is 5.95. The topological polar surface area (TPSA) is 305 Å². The Morgan fingerprint density at radius 3 is 2.04 bits per heavy atom. The zero-order valence-electron chi connectivity index (χ0n) is 49.6. The molecule has 5 atom stereocenters. The summed E-state index contributed by atoms with van der Waals surface area (Å²) >= 11 is 0. The molecule has 2 fully saturated rings. The van der Waals surface area contributed by atoms with E-state index in [1.54, 1.807) is 36.4 Å². The number of esters is 4. The Morgan fingerprint density at radius 1 is 0.767 bits per heavy atom. The molecule has 3 aliphatic rings. The number of phenolic OH excluding ortho intramolecular Hbond substituents is 1. The van der Waals surface area contributed by atoms with Crippen LogP contribution >= 0.6 is 0 Å². The number of nitrogens with one attached hydrogen (secondary N) is 3. The van der Waals surface area contributed by atoms with Crippen LogP contribution in [-0.4, -0.2) is 140 Å². The summed E-state index contributed by atoms with van der Waals surface area (Å²) in [7, 11) is 1.06. The van der Waals surface area contributed by atoms with Crippen LogP contribution in [0.1, 0.15) is 97.8 Å². The molecule has 4 N–H and O–H groups in total. The number of aliphatic carboxylic acids is 1. The van der Waals surface area contributed by atoms with Crippen LogP contribution in [0, 0.1) is 5.92 Å². The number of unbranched alkanes of at least 4 members (excludes halogenated alkanes) is 1. The van der Waals surface area contributed by atoms with Crippen LogP contribution in [-0.2, 0) is 68.5 Å². The number of alkyl carbamates (subject to hydrolysis) is 1. The molecule has 0 saturated carbocycles. The molecule has 0 bridgehead atoms. The second-order valence-electron chi connectivity index (χ2n) is 21.2. The average molecular weight is 1250 g/mol. The van der Waals surface area contributed by atoms with Gasteiger partial charge in [0.2, 0.25) is 24.2 Å². The number of halogens is 3. The Hall–Kier alpha value is -9.85. The highest BCUT2D eigenvalue weighted by Crippen LogP contribution is 2.44. The smallest absolute Gasteiger partial charge is 0.430 e. The van der Waals surface area contributed by atoms with E-state index >= 15 is 0 Å². The third-order valence-electron chi connectivity index (χ3n) is 14.6. The number of carbonyl (C=O) groups is 9. The van der Waals surface area contributed by atoms with Gasteiger partial charge >= 0.3 is 36.1 Å². The van der Waals surface area contributed by atoms with Crippen LogP contribution in [0.5, 0.6) is 11.5 Å². The van der Waals surface area contributed by atoms with Gasteiger partial charge in [0.1, 0.15) is 24.1 Å². The lowest BCUT2D eigenvalue weighted by Gasteiger charge is -2.43. The number of hydrogen-bond donors (Lipinski definition) is 4. The van der Waals surface area contributed by atoms with E-state index < -0.39 is 78.7 Å². The number of aromatic nitrogens is 1. The molecule has 26 heteroatoms. The number of benzene rings is 4. The van der Waals surface area contributed by atoms with Gasteiger partial charge in [0.05, 0.1) is 12.8 Å². The van der Waals surface area contributed by atoms with Crippen LogP contribution in [0.2, 0.25) is 0 Å². The molecule has 4 aromatic carbocycles. The van der Waals surface area contributed by atoms with Crippen LogP contribution in [0.3, 0.4) is 0 Å². The predicted molar refractivity (Wildman–Crippen MR) is 310 cm³/mol. The fourth-order valence-electron chi connectivity index (χ4n) is 10.5. The van der Waals surface area contributed by atoms with Crippen LogP contribution in [0.4, 0.5) is 23.7 Å². The maximum atomic E-state index is 13.8. The lowest BCUT2D eigenvalue weighted by atomic mass is 9.91. The number of piperidine rings is 1. The Labute approximate surface area is 515 Å². The average Bonchev–Trinajstić information content (AvgIpc) is 1.43. The van der Waals surface area contributed by atoms with Crippen molar-refractivity contribution < 1.29 is 104 Å². The van der Waals surface area contributed by atoms with E-state index in [0.29, 0.717) is 36.7 Å². The number of ether oxygens (including phenoxy) is 7. The molecule has 8 rings (SSSR count). The van der Waals surface area contributed by atoms with E-state index in [1.807, 2.05) is 82.5 Å². The van der Waals surface area contributed by atoms with Gasteiger partial charge in [-0.05, 0) is 96.0 Å². The number of likely N-dealkylation sites (tertiary alicyclic amines) is 1. The third kappa shape index (κ3) is 19.3. The van der Waals surface area contributed by atoms with E-state index in [-0.39, 0.29) is 61.0 Å². The normalized spacial score (nSPS) is 17.9. The van der Waals surface area contributed by atoms with Gasteiger partial charge < -0.3 is 69.0 Å². The number of aromatic hydroxyl groups is 1. The maximum Gasteiger partial charge on any atom is 0.430 e. The van der Waals surface area contributed by atoms with Crippen molar-refractivity contribution >= 4 is 65.4 Å². The fourth-order valence-corrected chi connectivity index (χ4v) is 10.5. The molecule has 90 heavy (non-hydrogen) atoms. The van der Waals surface area contributed by atoms with Crippen molar-refractivity contribution in [2.45, 2.75) is 109 Å². The number of alkyl halides is 3. The number of amides is 4. The Morgan fingerprint density at radius 2 is 1.41 bits per heavy atom. The predicted octanol–water partition coefficient (Wildman–Crippen LogP) is 5.82. The number of carboxylic acid groups (broad SMARTS) is 1. The molecule has 478 valence electrons. The van der Waals surface area contributed by atoms with Crippen molar-refractivity contribution in [3.8, 4) is 22.6 Å². The minimum absolute atomic E-state index is 0.0572. The van der Waals surface area contributed by atoms with Crippen molar-refractivity contribution in [2.75, 3.05) is 45.2 Å². The summed E-state index contributed by atoms with van der Waals surface area (Å²) < 4.78 is 72.8. The lowest BCUT2D eigenvalue weighted by molar-refractivity contribution is -0.688. The Kier molecular flexibility index (Phi) is 24.0. The third-order valence-corrected chi connectivity index (χ3v) is 14.6. The monoisotopic (exact) mass is 1250 g/mol. The molecule has 2 saturated heterocycles. The van der Waals surface area contributed by atoms with Crippen molar-refractivity contribution in [1.29, 1.82) is 0 Å². The van der Waals surface area contributed by atoms with E-state index in [9.17, 15) is 56.6 Å². The molecule has 23 nitrogen and oxygen atoms in total. The first-order valence-electron chi connectivity index (χ1n) is 28.7. The number of pyridine rings is 1. The highest BCUT2D eigenvalue weighted by Gasteiger charge is 2.56. The first-order chi connectivity index (χ1) is 43.0. The second-order valence-corrected chi connectivity index (χ2v) is 21.2. The number of carbonyl (C=O) groups excluding carboxylic acids is 9. The highest BCUT2D eigenvalue weighted by atomic mass is 19.4. The first kappa shape index (κ1) is 67.7. The summed E-state index contributed by atoms with van der Waals surface area (Å²) in [5.41, 5.74) is 6.15. The standard InChI is InChI=1S/C62H67N5O16.C2HF3O2/c1-38(68)79-55-56(80-39(2)69)58(81-40(3)70)61(83-57(55)60(75)77-4)82-52-23-21-43(33-51(52)65-54(73)25-29-64-62(76)78-37-50-48-19-7-5-17-46(48)47-18-6-8-20-49(47)50)36-66-30-12-14-42(35-66)22-24-53(72)63-28-10-9-13-41-26-31-67(32-27-41)59(74)44-15-11-16-45(71)34-44;3-2(4,5)1(6)7/h5-8,11-12,14-24,30,33-35,41,50,55-58,61H,9-10,13,25-29,31-32,36-37H2,1-4H3,(H3-,63,64,65,71,72,73,76);(H,6,7)/b24-22+;/t55-,56-,57-,58+,61+;/m0./s1. The van der Waals surface area contributed by atoms with Gasteiger partial charge in [-0.3, -0.25) is 28.8 Å². The van der Waals surface area contributed by atoms with E-state index in [4.69, 9.17) is 43.1 Å². The summed E-state index contributed by atoms with van der Waals surface area (Å²) in [5, 5.41) is 27.0. The lowest BCUT2D eigenvalue weighted by Crippen LogP contribution is -2.64. The second kappa shape index (κ2) is 31.9. The Balaban J connectivity index is 0.00000155. The minimum atomic E-state index is -5.19. The largest absolute Gasteiger partial charge is 0.542 e. The molecular formula is C64H68F3N5O18. The van der Waals surface area contributed by atoms with Gasteiger partial charge in [-0.1, -0.05) is 67.4 Å². The zero-order chi connectivity index (χ0) is 65.1. The number of nitrogens with zero attached hydrogens (tertiary/aromatic N) is 2. The zero-order valence-corrected chi connectivity index (χ0v) is 49.6. The van der Waals surface area contributed by atoms with Crippen LogP contribution < -0.4 is 30.4 Å². The number of methoxy groups -OCH3 is 1. The molecule has 5 aromatic rings. The van der Waals surface area contributed by atoms with E-state index in [1.165, 1.54) is 18.2 Å². The molecule has 0 unspecified atom stereocenters. The van der Waals surface area contributed by atoms with Crippen LogP contribution in [0.25, 0.3) is 17.2 Å². The van der Waals surface area contributed by atoms with Gasteiger partial charge in [0.25, 0.3) is 5.91 Å². The molecule has 1 aliphatic carbocycles. The molecule has 0 spiro atoms. The number of rotatable bonds is 22. The van der Waals surface area contributed by atoms with E-state index in [0.717, 1.165) is 87.8 Å². The van der Waals surface area contributed by atoms with Gasteiger partial charge in [-0.2, -0.15) is 13.2 Å². The molecule has 4 amide bonds. The number of hydrogen-bond acceptors (Lipinski definition) is 18. The summed E-state index contributed by atoms with van der Waals surface area (Å²) in [6.45, 7) is 5.22. The number of carboxylic acids is 1. The number of anilines is 1. The van der Waals surface area contributed by atoms with Crippen molar-refractivity contribution in [3.05, 3.63) is 149 Å². The SMILES string of the molecule is COC(=O)[C@H]1O[C@@H](Oc2ccc(C[n+]3cccc(/C=C/C(=O)NCCCCC4CCN(C(=O)c5cccc(O)c5)CC4)c3)cc2NC(=O)CCNC(=O)OCC2c3ccccc3-c3ccccc32)[C@H](OC(C)=O)[C@@H](OC(C)=O)[C@@H]1OC(C)=O.O=C([O-])C(F)(F)F. The molecule has 2 aliphatic heterocycles. The van der Waals surface area contributed by atoms with Crippen molar-refractivity contribution in [3.63, 3.8) is 0 Å². The van der Waals surface area contributed by atoms with Crippen molar-refractivity contribution in [2.24, 2.45) is 5.92 Å². The van der Waals surface area contributed by atoms with Gasteiger partial charge in [-0.25, -0.2) is 14.2 Å².